The highest BCUT2D eigenvalue weighted by atomic mass is 35.5. The zero-order chi connectivity index (χ0) is 18.4. The molecule has 0 aliphatic rings. The zero-order valence-corrected chi connectivity index (χ0v) is 15.8. The molecule has 0 radical (unpaired) electrons. The standard InChI is InChI=1S/C19H19Cl2NO3/c1-4-12(2)25-18-8-5-13(9-16(18)21)11-22-17-10-14(19(23)24-3)6-7-15(17)20/h5-12H,4H2,1-3H3/t12-/m0/s1. The van der Waals surface area contributed by atoms with E-state index in [1.807, 2.05) is 26.0 Å². The SMILES string of the molecule is CC[C@H](C)Oc1ccc(C=Nc2cc(C(=O)OC)ccc2Cl)cc1Cl. The Morgan fingerprint density at radius 1 is 1.20 bits per heavy atom. The van der Waals surface area contributed by atoms with Gasteiger partial charge >= 0.3 is 5.97 Å². The summed E-state index contributed by atoms with van der Waals surface area (Å²) >= 11 is 12.4. The number of hydrogen-bond donors (Lipinski definition) is 0. The molecule has 0 aliphatic heterocycles. The summed E-state index contributed by atoms with van der Waals surface area (Å²) in [6.07, 6.45) is 2.62. The number of esters is 1. The van der Waals surface area contributed by atoms with Gasteiger partial charge in [0.15, 0.2) is 0 Å². The second-order valence-corrected chi connectivity index (χ2v) is 6.26. The van der Waals surface area contributed by atoms with Gasteiger partial charge < -0.3 is 9.47 Å². The molecule has 0 N–H and O–H groups in total. The minimum absolute atomic E-state index is 0.0943. The average Bonchev–Trinajstić information content (AvgIpc) is 2.62. The van der Waals surface area contributed by atoms with Crippen molar-refractivity contribution >= 4 is 41.1 Å². The normalized spacial score (nSPS) is 12.2. The second-order valence-electron chi connectivity index (χ2n) is 5.44. The molecule has 6 heteroatoms. The smallest absolute Gasteiger partial charge is 0.337 e. The maximum Gasteiger partial charge on any atom is 0.337 e. The van der Waals surface area contributed by atoms with E-state index in [0.29, 0.717) is 27.0 Å². The molecule has 0 spiro atoms. The van der Waals surface area contributed by atoms with Crippen LogP contribution in [-0.2, 0) is 4.74 Å². The Labute approximate surface area is 157 Å². The first-order valence-corrected chi connectivity index (χ1v) is 8.58. The van der Waals surface area contributed by atoms with Crippen molar-refractivity contribution in [2.45, 2.75) is 26.4 Å². The molecular formula is C19H19Cl2NO3. The summed E-state index contributed by atoms with van der Waals surface area (Å²) in [6, 6.07) is 10.2. The summed E-state index contributed by atoms with van der Waals surface area (Å²) in [6.45, 7) is 4.04. The molecule has 0 saturated heterocycles. The lowest BCUT2D eigenvalue weighted by molar-refractivity contribution is 0.0601. The van der Waals surface area contributed by atoms with E-state index in [4.69, 9.17) is 32.7 Å². The van der Waals surface area contributed by atoms with Gasteiger partial charge in [-0.3, -0.25) is 4.99 Å². The Morgan fingerprint density at radius 3 is 2.60 bits per heavy atom. The molecule has 0 aromatic heterocycles. The summed E-state index contributed by atoms with van der Waals surface area (Å²) < 4.78 is 10.4. The first-order chi connectivity index (χ1) is 11.9. The monoisotopic (exact) mass is 379 g/mol. The van der Waals surface area contributed by atoms with Crippen molar-refractivity contribution in [1.29, 1.82) is 0 Å². The van der Waals surface area contributed by atoms with E-state index >= 15 is 0 Å². The van der Waals surface area contributed by atoms with E-state index in [0.717, 1.165) is 12.0 Å². The molecule has 132 valence electrons. The fourth-order valence-corrected chi connectivity index (χ4v) is 2.39. The van der Waals surface area contributed by atoms with Gasteiger partial charge in [0.1, 0.15) is 5.75 Å². The Kier molecular flexibility index (Phi) is 6.85. The van der Waals surface area contributed by atoms with Crippen LogP contribution >= 0.6 is 23.2 Å². The fraction of sp³-hybridized carbons (Fsp3) is 0.263. The summed E-state index contributed by atoms with van der Waals surface area (Å²) in [5.74, 6) is 0.196. The number of carbonyl (C=O) groups is 1. The van der Waals surface area contributed by atoms with Gasteiger partial charge in [0.25, 0.3) is 0 Å². The molecular weight excluding hydrogens is 361 g/mol. The van der Waals surface area contributed by atoms with Crippen LogP contribution in [0, 0.1) is 0 Å². The predicted octanol–water partition coefficient (Wildman–Crippen LogP) is 5.71. The fourth-order valence-electron chi connectivity index (χ4n) is 1.99. The van der Waals surface area contributed by atoms with Crippen molar-refractivity contribution in [2.24, 2.45) is 4.99 Å². The lowest BCUT2D eigenvalue weighted by atomic mass is 10.2. The number of methoxy groups -OCH3 is 1. The van der Waals surface area contributed by atoms with E-state index in [-0.39, 0.29) is 6.10 Å². The number of aliphatic imine (C=N–C) groups is 1. The Bertz CT molecular complexity index is 790. The number of rotatable bonds is 6. The van der Waals surface area contributed by atoms with E-state index < -0.39 is 5.97 Å². The van der Waals surface area contributed by atoms with Crippen molar-refractivity contribution in [3.8, 4) is 5.75 Å². The van der Waals surface area contributed by atoms with Crippen LogP contribution in [0.3, 0.4) is 0 Å². The van der Waals surface area contributed by atoms with Gasteiger partial charge in [0.2, 0.25) is 0 Å². The number of benzene rings is 2. The minimum atomic E-state index is -0.442. The van der Waals surface area contributed by atoms with Crippen molar-refractivity contribution in [3.05, 3.63) is 57.6 Å². The van der Waals surface area contributed by atoms with Crippen molar-refractivity contribution in [1.82, 2.24) is 0 Å². The van der Waals surface area contributed by atoms with E-state index in [1.165, 1.54) is 7.11 Å². The molecule has 2 aromatic rings. The van der Waals surface area contributed by atoms with Crippen molar-refractivity contribution in [3.63, 3.8) is 0 Å². The molecule has 0 heterocycles. The second kappa shape index (κ2) is 8.88. The maximum absolute atomic E-state index is 11.6. The number of ether oxygens (including phenoxy) is 2. The third-order valence-electron chi connectivity index (χ3n) is 3.58. The number of carbonyl (C=O) groups excluding carboxylic acids is 1. The molecule has 0 unspecified atom stereocenters. The number of halogens is 2. The Hall–Kier alpha value is -2.04. The zero-order valence-electron chi connectivity index (χ0n) is 14.3. The van der Waals surface area contributed by atoms with Crippen LogP contribution in [0.25, 0.3) is 0 Å². The van der Waals surface area contributed by atoms with Crippen LogP contribution < -0.4 is 4.74 Å². The molecule has 0 aliphatic carbocycles. The van der Waals surface area contributed by atoms with Crippen molar-refractivity contribution in [2.75, 3.05) is 7.11 Å². The van der Waals surface area contributed by atoms with Crippen LogP contribution in [-0.4, -0.2) is 25.4 Å². The lowest BCUT2D eigenvalue weighted by Crippen LogP contribution is -2.09. The summed E-state index contributed by atoms with van der Waals surface area (Å²) in [5, 5.41) is 0.949. The molecule has 0 saturated carbocycles. The van der Waals surface area contributed by atoms with Gasteiger partial charge in [0, 0.05) is 6.21 Å². The largest absolute Gasteiger partial charge is 0.489 e. The number of hydrogen-bond acceptors (Lipinski definition) is 4. The Balaban J connectivity index is 2.22. The van der Waals surface area contributed by atoms with E-state index in [2.05, 4.69) is 4.99 Å². The average molecular weight is 380 g/mol. The summed E-state index contributed by atoms with van der Waals surface area (Å²) in [4.78, 5) is 15.9. The third-order valence-corrected chi connectivity index (χ3v) is 4.19. The van der Waals surface area contributed by atoms with E-state index in [9.17, 15) is 4.79 Å². The van der Waals surface area contributed by atoms with Crippen LogP contribution in [0.15, 0.2) is 41.4 Å². The molecule has 0 amide bonds. The van der Waals surface area contributed by atoms with Crippen LogP contribution in [0.1, 0.15) is 36.2 Å². The molecule has 1 atom stereocenters. The quantitative estimate of drug-likeness (QED) is 0.477. The van der Waals surface area contributed by atoms with Gasteiger partial charge in [0.05, 0.1) is 34.5 Å². The minimum Gasteiger partial charge on any atom is -0.489 e. The number of nitrogens with zero attached hydrogens (tertiary/aromatic N) is 1. The third kappa shape index (κ3) is 5.21. The molecule has 25 heavy (non-hydrogen) atoms. The van der Waals surface area contributed by atoms with E-state index in [1.54, 1.807) is 30.5 Å². The van der Waals surface area contributed by atoms with Crippen LogP contribution in [0.2, 0.25) is 10.0 Å². The molecule has 0 bridgehead atoms. The van der Waals surface area contributed by atoms with Gasteiger partial charge in [-0.1, -0.05) is 30.1 Å². The van der Waals surface area contributed by atoms with Crippen LogP contribution in [0.4, 0.5) is 5.69 Å². The highest BCUT2D eigenvalue weighted by molar-refractivity contribution is 6.33. The molecule has 4 nitrogen and oxygen atoms in total. The van der Waals surface area contributed by atoms with Gasteiger partial charge in [-0.2, -0.15) is 0 Å². The highest BCUT2D eigenvalue weighted by Gasteiger charge is 2.09. The maximum atomic E-state index is 11.6. The first kappa shape index (κ1) is 19.3. The summed E-state index contributed by atoms with van der Waals surface area (Å²) in [7, 11) is 1.32. The molecule has 0 fully saturated rings. The topological polar surface area (TPSA) is 47.9 Å². The van der Waals surface area contributed by atoms with Crippen molar-refractivity contribution < 1.29 is 14.3 Å². The van der Waals surface area contributed by atoms with Gasteiger partial charge in [-0.15, -0.1) is 0 Å². The highest BCUT2D eigenvalue weighted by Crippen LogP contribution is 2.28. The Morgan fingerprint density at radius 2 is 1.96 bits per heavy atom. The van der Waals surface area contributed by atoms with Gasteiger partial charge in [-0.25, -0.2) is 4.79 Å². The van der Waals surface area contributed by atoms with Crippen LogP contribution in [0.5, 0.6) is 5.75 Å². The van der Waals surface area contributed by atoms with Gasteiger partial charge in [-0.05, 0) is 55.3 Å². The summed E-state index contributed by atoms with van der Waals surface area (Å²) in [5.41, 5.74) is 1.65. The molecule has 2 rings (SSSR count). The predicted molar refractivity (Wildman–Crippen MR) is 102 cm³/mol. The lowest BCUT2D eigenvalue weighted by Gasteiger charge is -2.13. The first-order valence-electron chi connectivity index (χ1n) is 7.82. The molecule has 2 aromatic carbocycles.